The Balaban J connectivity index is 1.91. The Bertz CT molecular complexity index is 440. The van der Waals surface area contributed by atoms with E-state index in [1.807, 2.05) is 18.5 Å². The maximum atomic E-state index is 4.16. The highest BCUT2D eigenvalue weighted by Crippen LogP contribution is 2.26. The summed E-state index contributed by atoms with van der Waals surface area (Å²) in [6, 6.07) is 12.6. The lowest BCUT2D eigenvalue weighted by molar-refractivity contribution is 0.880. The molecule has 0 unspecified atom stereocenters. The first-order valence-corrected chi connectivity index (χ1v) is 5.15. The lowest BCUT2D eigenvalue weighted by atomic mass is 10.2. The third-order valence-corrected chi connectivity index (χ3v) is 2.85. The van der Waals surface area contributed by atoms with Gasteiger partial charge in [0.25, 0.3) is 0 Å². The summed E-state index contributed by atoms with van der Waals surface area (Å²) in [4.78, 5) is 6.53. The van der Waals surface area contributed by atoms with E-state index in [0.29, 0.717) is 0 Å². The second kappa shape index (κ2) is 3.39. The lowest BCUT2D eigenvalue weighted by Crippen LogP contribution is -2.13. The van der Waals surface area contributed by atoms with Crippen LogP contribution in [0.1, 0.15) is 11.1 Å². The van der Waals surface area contributed by atoms with E-state index in [9.17, 15) is 0 Å². The van der Waals surface area contributed by atoms with Crippen LogP contribution in [0.5, 0.6) is 0 Å². The molecule has 1 aliphatic rings. The Hall–Kier alpha value is -1.83. The first-order chi connectivity index (χ1) is 7.43. The van der Waals surface area contributed by atoms with Gasteiger partial charge in [0.15, 0.2) is 0 Å². The zero-order chi connectivity index (χ0) is 10.1. The number of hydrogen-bond donors (Lipinski definition) is 0. The van der Waals surface area contributed by atoms with Gasteiger partial charge in [0.05, 0.1) is 0 Å². The second-order valence-corrected chi connectivity index (χ2v) is 3.84. The SMILES string of the molecule is c1ccc(N2Cc3ccncc3C2)cc1. The second-order valence-electron chi connectivity index (χ2n) is 3.84. The number of hydrogen-bond acceptors (Lipinski definition) is 2. The number of pyridine rings is 1. The van der Waals surface area contributed by atoms with Gasteiger partial charge < -0.3 is 4.90 Å². The molecule has 2 nitrogen and oxygen atoms in total. The van der Waals surface area contributed by atoms with Crippen molar-refractivity contribution in [3.63, 3.8) is 0 Å². The summed E-state index contributed by atoms with van der Waals surface area (Å²) in [5, 5.41) is 0. The molecule has 74 valence electrons. The van der Waals surface area contributed by atoms with Crippen molar-refractivity contribution in [2.24, 2.45) is 0 Å². The van der Waals surface area contributed by atoms with Crippen molar-refractivity contribution in [2.45, 2.75) is 13.1 Å². The highest BCUT2D eigenvalue weighted by atomic mass is 15.1. The fourth-order valence-electron chi connectivity index (χ4n) is 2.04. The monoisotopic (exact) mass is 196 g/mol. The van der Waals surface area contributed by atoms with Crippen LogP contribution in [-0.2, 0) is 13.1 Å². The normalized spacial score (nSPS) is 14.0. The van der Waals surface area contributed by atoms with E-state index >= 15 is 0 Å². The molecule has 1 aliphatic heterocycles. The van der Waals surface area contributed by atoms with Crippen LogP contribution < -0.4 is 4.90 Å². The van der Waals surface area contributed by atoms with E-state index in [4.69, 9.17) is 0 Å². The molecule has 2 heterocycles. The maximum Gasteiger partial charge on any atom is 0.0451 e. The van der Waals surface area contributed by atoms with Crippen molar-refractivity contribution in [3.05, 3.63) is 59.9 Å². The van der Waals surface area contributed by atoms with Gasteiger partial charge in [-0.25, -0.2) is 0 Å². The van der Waals surface area contributed by atoms with Crippen molar-refractivity contribution < 1.29 is 0 Å². The number of anilines is 1. The summed E-state index contributed by atoms with van der Waals surface area (Å²) in [6.45, 7) is 1.98. The molecule has 0 bridgehead atoms. The Morgan fingerprint density at radius 2 is 1.73 bits per heavy atom. The number of fused-ring (bicyclic) bond motifs is 1. The molecule has 0 amide bonds. The average Bonchev–Trinajstić information content (AvgIpc) is 2.74. The summed E-state index contributed by atoms with van der Waals surface area (Å²) in [5.74, 6) is 0. The van der Waals surface area contributed by atoms with E-state index in [1.165, 1.54) is 16.8 Å². The van der Waals surface area contributed by atoms with E-state index in [2.05, 4.69) is 40.2 Å². The molecule has 0 aliphatic carbocycles. The number of nitrogens with zero attached hydrogens (tertiary/aromatic N) is 2. The number of aromatic nitrogens is 1. The zero-order valence-electron chi connectivity index (χ0n) is 8.43. The number of benzene rings is 1. The first kappa shape index (κ1) is 8.48. The largest absolute Gasteiger partial charge is 0.363 e. The zero-order valence-corrected chi connectivity index (χ0v) is 8.43. The van der Waals surface area contributed by atoms with Gasteiger partial charge in [-0.1, -0.05) is 18.2 Å². The Labute approximate surface area is 89.2 Å². The molecule has 0 fully saturated rings. The topological polar surface area (TPSA) is 16.1 Å². The molecule has 0 N–H and O–H groups in total. The summed E-state index contributed by atoms with van der Waals surface area (Å²) in [5.41, 5.74) is 4.03. The molecule has 0 saturated carbocycles. The summed E-state index contributed by atoms with van der Waals surface area (Å²) < 4.78 is 0. The van der Waals surface area contributed by atoms with Crippen LogP contribution in [0.25, 0.3) is 0 Å². The Morgan fingerprint density at radius 1 is 0.933 bits per heavy atom. The third kappa shape index (κ3) is 1.48. The van der Waals surface area contributed by atoms with Crippen molar-refractivity contribution in [1.29, 1.82) is 0 Å². The fraction of sp³-hybridized carbons (Fsp3) is 0.154. The van der Waals surface area contributed by atoms with E-state index in [0.717, 1.165) is 13.1 Å². The Kier molecular flexibility index (Phi) is 1.91. The van der Waals surface area contributed by atoms with Gasteiger partial charge in [-0.05, 0) is 29.3 Å². The summed E-state index contributed by atoms with van der Waals surface area (Å²) >= 11 is 0. The molecule has 3 rings (SSSR count). The summed E-state index contributed by atoms with van der Waals surface area (Å²) in [7, 11) is 0. The van der Waals surface area contributed by atoms with Crippen LogP contribution in [0, 0.1) is 0 Å². The molecule has 0 spiro atoms. The molecule has 1 aromatic heterocycles. The smallest absolute Gasteiger partial charge is 0.0451 e. The lowest BCUT2D eigenvalue weighted by Gasteiger charge is -2.17. The molecule has 2 aromatic rings. The number of para-hydroxylation sites is 1. The van der Waals surface area contributed by atoms with E-state index < -0.39 is 0 Å². The van der Waals surface area contributed by atoms with Gasteiger partial charge in [-0.2, -0.15) is 0 Å². The van der Waals surface area contributed by atoms with Gasteiger partial charge in [0.2, 0.25) is 0 Å². The minimum absolute atomic E-state index is 0.979. The quantitative estimate of drug-likeness (QED) is 0.697. The first-order valence-electron chi connectivity index (χ1n) is 5.15. The molecular formula is C13H12N2. The average molecular weight is 196 g/mol. The predicted octanol–water partition coefficient (Wildman–Crippen LogP) is 2.60. The highest BCUT2D eigenvalue weighted by Gasteiger charge is 2.18. The van der Waals surface area contributed by atoms with Crippen molar-refractivity contribution in [1.82, 2.24) is 4.98 Å². The molecule has 15 heavy (non-hydrogen) atoms. The van der Waals surface area contributed by atoms with Crippen LogP contribution in [0.3, 0.4) is 0 Å². The van der Waals surface area contributed by atoms with Gasteiger partial charge in [-0.3, -0.25) is 4.98 Å². The third-order valence-electron chi connectivity index (χ3n) is 2.85. The minimum atomic E-state index is 0.979. The standard InChI is InChI=1S/C13H12N2/c1-2-4-13(5-3-1)15-9-11-6-7-14-8-12(11)10-15/h1-8H,9-10H2. The van der Waals surface area contributed by atoms with E-state index in [-0.39, 0.29) is 0 Å². The van der Waals surface area contributed by atoms with Gasteiger partial charge >= 0.3 is 0 Å². The van der Waals surface area contributed by atoms with Crippen molar-refractivity contribution in [2.75, 3.05) is 4.90 Å². The minimum Gasteiger partial charge on any atom is -0.363 e. The highest BCUT2D eigenvalue weighted by molar-refractivity contribution is 5.50. The molecular weight excluding hydrogens is 184 g/mol. The van der Waals surface area contributed by atoms with Gasteiger partial charge in [-0.15, -0.1) is 0 Å². The molecule has 0 radical (unpaired) electrons. The van der Waals surface area contributed by atoms with Gasteiger partial charge in [0, 0.05) is 31.2 Å². The fourth-order valence-corrected chi connectivity index (χ4v) is 2.04. The maximum absolute atomic E-state index is 4.16. The molecule has 0 saturated heterocycles. The molecule has 1 aromatic carbocycles. The van der Waals surface area contributed by atoms with Gasteiger partial charge in [0.1, 0.15) is 0 Å². The van der Waals surface area contributed by atoms with Crippen LogP contribution in [0.4, 0.5) is 5.69 Å². The van der Waals surface area contributed by atoms with Crippen molar-refractivity contribution in [3.8, 4) is 0 Å². The van der Waals surface area contributed by atoms with E-state index in [1.54, 1.807) is 0 Å². The van der Waals surface area contributed by atoms with Crippen molar-refractivity contribution >= 4 is 5.69 Å². The van der Waals surface area contributed by atoms with Crippen LogP contribution in [0.15, 0.2) is 48.8 Å². The number of rotatable bonds is 1. The van der Waals surface area contributed by atoms with Crippen LogP contribution in [-0.4, -0.2) is 4.98 Å². The molecule has 0 atom stereocenters. The van der Waals surface area contributed by atoms with Crippen LogP contribution in [0.2, 0.25) is 0 Å². The predicted molar refractivity (Wildman–Crippen MR) is 60.6 cm³/mol. The Morgan fingerprint density at radius 3 is 2.53 bits per heavy atom. The molecule has 2 heteroatoms. The summed E-state index contributed by atoms with van der Waals surface area (Å²) in [6.07, 6.45) is 3.84. The van der Waals surface area contributed by atoms with Crippen LogP contribution >= 0.6 is 0 Å².